The van der Waals surface area contributed by atoms with Crippen LogP contribution in [0.4, 0.5) is 0 Å². The van der Waals surface area contributed by atoms with E-state index >= 15 is 0 Å². The van der Waals surface area contributed by atoms with E-state index in [0.29, 0.717) is 49.9 Å². The second-order valence-electron chi connectivity index (χ2n) is 11.5. The molecule has 1 spiro atoms. The van der Waals surface area contributed by atoms with Gasteiger partial charge in [-0.15, -0.1) is 0 Å². The largest absolute Gasteiger partial charge is 0.360 e. The number of nitrogens with one attached hydrogen (secondary N) is 2. The molecule has 194 valence electrons. The molecule has 0 bridgehead atoms. The Labute approximate surface area is 208 Å². The maximum absolute atomic E-state index is 13.1. The Kier molecular flexibility index (Phi) is 7.09. The van der Waals surface area contributed by atoms with Crippen LogP contribution >= 0.6 is 0 Å². The Morgan fingerprint density at radius 3 is 2.51 bits per heavy atom. The smallest absolute Gasteiger partial charge is 0.279 e. The summed E-state index contributed by atoms with van der Waals surface area (Å²) >= 11 is 0. The summed E-state index contributed by atoms with van der Waals surface area (Å²) < 4.78 is 36.1. The van der Waals surface area contributed by atoms with Crippen molar-refractivity contribution in [1.82, 2.24) is 24.4 Å². The fourth-order valence-electron chi connectivity index (χ4n) is 5.69. The molecule has 35 heavy (non-hydrogen) atoms. The second kappa shape index (κ2) is 9.95. The Balaban J connectivity index is 1.11. The van der Waals surface area contributed by atoms with Crippen LogP contribution in [0, 0.1) is 11.3 Å². The van der Waals surface area contributed by atoms with E-state index in [-0.39, 0.29) is 23.4 Å². The highest BCUT2D eigenvalue weighted by atomic mass is 32.2. The zero-order chi connectivity index (χ0) is 24.6. The summed E-state index contributed by atoms with van der Waals surface area (Å²) in [5.74, 6) is 1.57. The van der Waals surface area contributed by atoms with Crippen molar-refractivity contribution in [2.45, 2.75) is 76.8 Å². The first-order chi connectivity index (χ1) is 16.7. The van der Waals surface area contributed by atoms with Crippen molar-refractivity contribution in [3.8, 4) is 0 Å². The van der Waals surface area contributed by atoms with E-state index in [0.717, 1.165) is 51.1 Å². The van der Waals surface area contributed by atoms with Crippen molar-refractivity contribution in [1.29, 1.82) is 0 Å². The summed E-state index contributed by atoms with van der Waals surface area (Å²) in [6, 6.07) is 1.31. The minimum absolute atomic E-state index is 0.138. The fourth-order valence-corrected chi connectivity index (χ4v) is 7.34. The molecular weight excluding hydrogens is 466 g/mol. The fraction of sp³-hybridized carbons (Fsp3) is 0.760. The van der Waals surface area contributed by atoms with Gasteiger partial charge in [0.15, 0.2) is 5.69 Å². The van der Waals surface area contributed by atoms with Gasteiger partial charge in [0.2, 0.25) is 0 Å². The second-order valence-corrected chi connectivity index (χ2v) is 13.2. The molecule has 1 saturated carbocycles. The molecular formula is C25H39N5O4S. The third-order valence-corrected chi connectivity index (χ3v) is 9.44. The lowest BCUT2D eigenvalue weighted by Gasteiger charge is -2.53. The number of carbonyl (C=O) groups is 1. The summed E-state index contributed by atoms with van der Waals surface area (Å²) in [7, 11) is -3.55. The van der Waals surface area contributed by atoms with Gasteiger partial charge in [-0.2, -0.15) is 17.4 Å². The summed E-state index contributed by atoms with van der Waals surface area (Å²) in [6.45, 7) is 8.93. The highest BCUT2D eigenvalue weighted by molar-refractivity contribution is 7.87. The highest BCUT2D eigenvalue weighted by Crippen LogP contribution is 2.42. The van der Waals surface area contributed by atoms with Crippen molar-refractivity contribution in [2.24, 2.45) is 11.3 Å². The van der Waals surface area contributed by atoms with Gasteiger partial charge in [-0.3, -0.25) is 4.79 Å². The Hall–Kier alpha value is -1.75. The zero-order valence-corrected chi connectivity index (χ0v) is 21.7. The monoisotopic (exact) mass is 505 g/mol. The van der Waals surface area contributed by atoms with Gasteiger partial charge in [-0.1, -0.05) is 31.2 Å². The van der Waals surface area contributed by atoms with Crippen LogP contribution in [-0.4, -0.2) is 73.5 Å². The van der Waals surface area contributed by atoms with E-state index in [1.165, 1.54) is 0 Å². The molecule has 10 heteroatoms. The number of hydrogen-bond donors (Lipinski definition) is 2. The van der Waals surface area contributed by atoms with E-state index < -0.39 is 10.2 Å². The van der Waals surface area contributed by atoms with E-state index in [1.807, 2.05) is 12.2 Å². The molecule has 5 rings (SSSR count). The van der Waals surface area contributed by atoms with Crippen LogP contribution < -0.4 is 10.0 Å². The normalized spacial score (nSPS) is 27.6. The molecule has 1 aromatic rings. The first-order valence-corrected chi connectivity index (χ1v) is 14.6. The maximum Gasteiger partial charge on any atom is 0.279 e. The van der Waals surface area contributed by atoms with Crippen LogP contribution in [0.2, 0.25) is 0 Å². The third-order valence-electron chi connectivity index (χ3n) is 7.87. The molecule has 0 radical (unpaired) electrons. The zero-order valence-electron chi connectivity index (χ0n) is 20.9. The first-order valence-electron chi connectivity index (χ1n) is 13.1. The Morgan fingerprint density at radius 2 is 1.86 bits per heavy atom. The molecule has 3 heterocycles. The SMILES string of the molecule is CC(C)CN1CCC2(CC1)CN(S(=O)(=O)N[C@H]1CC=CC[C@H](NC(=O)c3cc(C4CC4)on3)C1)C2. The number of aromatic nitrogens is 1. The molecule has 0 aromatic carbocycles. The molecule has 1 aromatic heterocycles. The molecule has 4 aliphatic rings. The van der Waals surface area contributed by atoms with Crippen LogP contribution in [0.3, 0.4) is 0 Å². The number of piperidine rings is 1. The average molecular weight is 506 g/mol. The van der Waals surface area contributed by atoms with Crippen molar-refractivity contribution in [3.63, 3.8) is 0 Å². The van der Waals surface area contributed by atoms with Crippen LogP contribution in [0.1, 0.15) is 81.0 Å². The van der Waals surface area contributed by atoms with Gasteiger partial charge >= 0.3 is 0 Å². The highest BCUT2D eigenvalue weighted by Gasteiger charge is 2.49. The van der Waals surface area contributed by atoms with Gasteiger partial charge in [0.05, 0.1) is 0 Å². The molecule has 9 nitrogen and oxygen atoms in total. The van der Waals surface area contributed by atoms with Gasteiger partial charge in [0.1, 0.15) is 5.76 Å². The van der Waals surface area contributed by atoms with Gasteiger partial charge in [-0.25, -0.2) is 0 Å². The van der Waals surface area contributed by atoms with Crippen molar-refractivity contribution in [3.05, 3.63) is 29.7 Å². The summed E-state index contributed by atoms with van der Waals surface area (Å²) in [6.07, 6.45) is 10.1. The number of nitrogens with zero attached hydrogens (tertiary/aromatic N) is 3. The predicted octanol–water partition coefficient (Wildman–Crippen LogP) is 2.65. The lowest BCUT2D eigenvalue weighted by atomic mass is 9.73. The Morgan fingerprint density at radius 1 is 1.17 bits per heavy atom. The number of amides is 1. The van der Waals surface area contributed by atoms with E-state index in [1.54, 1.807) is 10.4 Å². The third kappa shape index (κ3) is 5.98. The number of carbonyl (C=O) groups excluding carboxylic acids is 1. The molecule has 2 aliphatic carbocycles. The predicted molar refractivity (Wildman–Crippen MR) is 133 cm³/mol. The van der Waals surface area contributed by atoms with Gasteiger partial charge in [0, 0.05) is 49.1 Å². The van der Waals surface area contributed by atoms with Crippen LogP contribution in [-0.2, 0) is 10.2 Å². The lowest BCUT2D eigenvalue weighted by Crippen LogP contribution is -2.64. The van der Waals surface area contributed by atoms with Crippen LogP contribution in [0.5, 0.6) is 0 Å². The van der Waals surface area contributed by atoms with Crippen LogP contribution in [0.25, 0.3) is 0 Å². The minimum Gasteiger partial charge on any atom is -0.360 e. The van der Waals surface area contributed by atoms with Gasteiger partial charge in [0.25, 0.3) is 16.1 Å². The van der Waals surface area contributed by atoms with Crippen molar-refractivity contribution < 1.29 is 17.7 Å². The molecule has 2 aliphatic heterocycles. The molecule has 2 N–H and O–H groups in total. The topological polar surface area (TPSA) is 108 Å². The number of rotatable bonds is 8. The molecule has 2 atom stereocenters. The molecule has 0 unspecified atom stereocenters. The summed E-state index contributed by atoms with van der Waals surface area (Å²) in [5, 5.41) is 6.94. The average Bonchev–Trinajstić information content (AvgIpc) is 3.54. The summed E-state index contributed by atoms with van der Waals surface area (Å²) in [4.78, 5) is 15.2. The molecule has 2 saturated heterocycles. The molecule has 3 fully saturated rings. The van der Waals surface area contributed by atoms with E-state index in [2.05, 4.69) is 33.9 Å². The number of likely N-dealkylation sites (tertiary alicyclic amines) is 1. The number of hydrogen-bond acceptors (Lipinski definition) is 6. The van der Waals surface area contributed by atoms with E-state index in [4.69, 9.17) is 4.52 Å². The van der Waals surface area contributed by atoms with Gasteiger partial charge in [-0.05, 0) is 64.0 Å². The van der Waals surface area contributed by atoms with Gasteiger partial charge < -0.3 is 14.7 Å². The maximum atomic E-state index is 13.1. The quantitative estimate of drug-likeness (QED) is 0.526. The Bertz CT molecular complexity index is 1030. The van der Waals surface area contributed by atoms with Crippen LogP contribution in [0.15, 0.2) is 22.7 Å². The first kappa shape index (κ1) is 24.9. The molecule has 1 amide bonds. The van der Waals surface area contributed by atoms with E-state index in [9.17, 15) is 13.2 Å². The minimum atomic E-state index is -3.55. The summed E-state index contributed by atoms with van der Waals surface area (Å²) in [5.41, 5.74) is 0.432. The van der Waals surface area contributed by atoms with Crippen molar-refractivity contribution in [2.75, 3.05) is 32.7 Å². The standard InChI is InChI=1S/C25H39N5O4S/c1-18(2)15-29-11-9-25(10-12-29)16-30(17-25)35(32,33)28-21-6-4-3-5-20(13-21)26-24(31)22-14-23(34-27-22)19-7-8-19/h3-4,14,18-21,28H,5-13,15-17H2,1-2H3,(H,26,31)/t20-,21-/m0/s1. The lowest BCUT2D eigenvalue weighted by molar-refractivity contribution is -0.00269. The van der Waals surface area contributed by atoms with Crippen molar-refractivity contribution >= 4 is 16.1 Å².